The normalized spacial score (nSPS) is 11.8. The van der Waals surface area contributed by atoms with Crippen LogP contribution in [0.2, 0.25) is 0 Å². The van der Waals surface area contributed by atoms with Crippen LogP contribution in [0.4, 0.5) is 8.78 Å². The third-order valence-corrected chi connectivity index (χ3v) is 1.59. The van der Waals surface area contributed by atoms with Crippen molar-refractivity contribution in [3.05, 3.63) is 29.6 Å². The highest BCUT2D eigenvalue weighted by atomic mass is 19.1. The highest BCUT2D eigenvalue weighted by Gasteiger charge is 2.13. The van der Waals surface area contributed by atoms with Crippen LogP contribution in [0.25, 0.3) is 0 Å². The largest absolute Gasteiger partial charge is 0.497 e. The summed E-state index contributed by atoms with van der Waals surface area (Å²) >= 11 is 0. The summed E-state index contributed by atoms with van der Waals surface area (Å²) in [6.45, 7) is 0. The first-order chi connectivity index (χ1) is 6.19. The van der Waals surface area contributed by atoms with E-state index in [2.05, 4.69) is 0 Å². The van der Waals surface area contributed by atoms with Crippen molar-refractivity contribution < 1.29 is 13.5 Å². The van der Waals surface area contributed by atoms with Gasteiger partial charge in [0.05, 0.1) is 7.11 Å². The van der Waals surface area contributed by atoms with E-state index in [1.54, 1.807) is 0 Å². The van der Waals surface area contributed by atoms with Gasteiger partial charge in [0.1, 0.15) is 17.6 Å². The van der Waals surface area contributed by atoms with Gasteiger partial charge in [0.2, 0.25) is 6.17 Å². The van der Waals surface area contributed by atoms with Crippen molar-refractivity contribution in [3.8, 4) is 11.8 Å². The first kappa shape index (κ1) is 9.46. The van der Waals surface area contributed by atoms with E-state index in [0.717, 1.165) is 6.07 Å². The molecule has 0 aliphatic heterocycles. The molecule has 13 heavy (non-hydrogen) atoms. The van der Waals surface area contributed by atoms with E-state index in [9.17, 15) is 8.78 Å². The van der Waals surface area contributed by atoms with Gasteiger partial charge in [-0.2, -0.15) is 5.26 Å². The number of rotatable bonds is 2. The first-order valence-electron chi connectivity index (χ1n) is 3.56. The Hall–Kier alpha value is -1.63. The molecule has 2 nitrogen and oxygen atoms in total. The summed E-state index contributed by atoms with van der Waals surface area (Å²) in [4.78, 5) is 0. The highest BCUT2D eigenvalue weighted by molar-refractivity contribution is 5.32. The lowest BCUT2D eigenvalue weighted by Gasteiger charge is -2.04. The first-order valence-corrected chi connectivity index (χ1v) is 3.56. The van der Waals surface area contributed by atoms with E-state index < -0.39 is 12.0 Å². The van der Waals surface area contributed by atoms with E-state index in [1.807, 2.05) is 0 Å². The third-order valence-electron chi connectivity index (χ3n) is 1.59. The molecule has 0 radical (unpaired) electrons. The standard InChI is InChI=1S/C9H7F2NO/c1-13-6-2-3-7(8(10)4-6)9(11)5-12/h2-4,9H,1H3. The lowest BCUT2D eigenvalue weighted by atomic mass is 10.1. The zero-order valence-corrected chi connectivity index (χ0v) is 6.92. The van der Waals surface area contributed by atoms with Gasteiger partial charge < -0.3 is 4.74 Å². The molecule has 0 N–H and O–H groups in total. The maximum absolute atomic E-state index is 13.0. The molecule has 68 valence electrons. The van der Waals surface area contributed by atoms with Crippen LogP contribution in [0.5, 0.6) is 5.75 Å². The molecule has 1 unspecified atom stereocenters. The molecule has 4 heteroatoms. The quantitative estimate of drug-likeness (QED) is 0.705. The summed E-state index contributed by atoms with van der Waals surface area (Å²) in [5, 5.41) is 8.22. The fourth-order valence-electron chi connectivity index (χ4n) is 0.910. The zero-order chi connectivity index (χ0) is 9.84. The van der Waals surface area contributed by atoms with Gasteiger partial charge >= 0.3 is 0 Å². The lowest BCUT2D eigenvalue weighted by molar-refractivity contribution is 0.395. The highest BCUT2D eigenvalue weighted by Crippen LogP contribution is 2.23. The molecule has 0 bridgehead atoms. The van der Waals surface area contributed by atoms with E-state index in [1.165, 1.54) is 25.3 Å². The Labute approximate surface area is 74.4 Å². The van der Waals surface area contributed by atoms with Crippen LogP contribution in [0.1, 0.15) is 11.7 Å². The summed E-state index contributed by atoms with van der Waals surface area (Å²) in [5.74, 6) is -0.472. The SMILES string of the molecule is COc1ccc(C(F)C#N)c(F)c1. The fraction of sp³-hybridized carbons (Fsp3) is 0.222. The molecule has 1 aromatic rings. The van der Waals surface area contributed by atoms with Crippen molar-refractivity contribution in [3.63, 3.8) is 0 Å². The van der Waals surface area contributed by atoms with Crippen molar-refractivity contribution in [2.75, 3.05) is 7.11 Å². The average Bonchev–Trinajstić information content (AvgIpc) is 2.16. The molecule has 0 fully saturated rings. The number of benzene rings is 1. The van der Waals surface area contributed by atoms with Crippen molar-refractivity contribution in [2.24, 2.45) is 0 Å². The van der Waals surface area contributed by atoms with Crippen molar-refractivity contribution >= 4 is 0 Å². The maximum Gasteiger partial charge on any atom is 0.214 e. The van der Waals surface area contributed by atoms with E-state index in [4.69, 9.17) is 10.00 Å². The number of halogens is 2. The molecule has 1 aromatic carbocycles. The van der Waals surface area contributed by atoms with Gasteiger partial charge in [-0.05, 0) is 12.1 Å². The molecular formula is C9H7F2NO. The molecule has 0 saturated heterocycles. The Morgan fingerprint density at radius 2 is 2.23 bits per heavy atom. The molecule has 0 aromatic heterocycles. The molecule has 0 saturated carbocycles. The number of nitrogens with zero attached hydrogens (tertiary/aromatic N) is 1. The number of hydrogen-bond donors (Lipinski definition) is 0. The minimum absolute atomic E-state index is 0.261. The van der Waals surface area contributed by atoms with E-state index in [-0.39, 0.29) is 5.56 Å². The van der Waals surface area contributed by atoms with E-state index >= 15 is 0 Å². The van der Waals surface area contributed by atoms with Crippen LogP contribution >= 0.6 is 0 Å². The van der Waals surface area contributed by atoms with Crippen LogP contribution in [0.3, 0.4) is 0 Å². The number of hydrogen-bond acceptors (Lipinski definition) is 2. The second-order valence-electron chi connectivity index (χ2n) is 2.38. The predicted octanol–water partition coefficient (Wildman–Crippen LogP) is 2.37. The number of nitriles is 1. The molecular weight excluding hydrogens is 176 g/mol. The second-order valence-corrected chi connectivity index (χ2v) is 2.38. The topological polar surface area (TPSA) is 33.0 Å². The van der Waals surface area contributed by atoms with Gasteiger partial charge in [-0.25, -0.2) is 8.78 Å². The summed E-state index contributed by atoms with van der Waals surface area (Å²) in [5.41, 5.74) is -0.261. The van der Waals surface area contributed by atoms with Crippen LogP contribution in [-0.4, -0.2) is 7.11 Å². The molecule has 1 rings (SSSR count). The summed E-state index contributed by atoms with van der Waals surface area (Å²) in [6.07, 6.45) is -1.93. The number of alkyl halides is 1. The van der Waals surface area contributed by atoms with Crippen molar-refractivity contribution in [1.29, 1.82) is 5.26 Å². The Morgan fingerprint density at radius 3 is 2.69 bits per heavy atom. The molecule has 0 heterocycles. The van der Waals surface area contributed by atoms with Crippen LogP contribution < -0.4 is 4.74 Å². The minimum atomic E-state index is -1.93. The average molecular weight is 183 g/mol. The lowest BCUT2D eigenvalue weighted by Crippen LogP contribution is -1.94. The Bertz CT molecular complexity index is 346. The molecule has 0 amide bonds. The molecule has 0 aliphatic rings. The summed E-state index contributed by atoms with van der Waals surface area (Å²) in [7, 11) is 1.38. The van der Waals surface area contributed by atoms with Crippen molar-refractivity contribution in [2.45, 2.75) is 6.17 Å². The monoisotopic (exact) mass is 183 g/mol. The van der Waals surface area contributed by atoms with Crippen LogP contribution in [-0.2, 0) is 0 Å². The molecule has 0 spiro atoms. The van der Waals surface area contributed by atoms with Crippen LogP contribution in [0.15, 0.2) is 18.2 Å². The summed E-state index contributed by atoms with van der Waals surface area (Å²) < 4.78 is 30.4. The predicted molar refractivity (Wildman–Crippen MR) is 42.4 cm³/mol. The second kappa shape index (κ2) is 3.85. The van der Waals surface area contributed by atoms with Gasteiger partial charge in [0, 0.05) is 11.6 Å². The Morgan fingerprint density at radius 1 is 1.54 bits per heavy atom. The van der Waals surface area contributed by atoms with Gasteiger partial charge in [0.15, 0.2) is 0 Å². The summed E-state index contributed by atoms with van der Waals surface area (Å²) in [6, 6.07) is 4.95. The van der Waals surface area contributed by atoms with Crippen molar-refractivity contribution in [1.82, 2.24) is 0 Å². The minimum Gasteiger partial charge on any atom is -0.497 e. The smallest absolute Gasteiger partial charge is 0.214 e. The van der Waals surface area contributed by atoms with Crippen LogP contribution in [0, 0.1) is 17.1 Å². The van der Waals surface area contributed by atoms with Gasteiger partial charge in [-0.15, -0.1) is 0 Å². The maximum atomic E-state index is 13.0. The van der Waals surface area contributed by atoms with Gasteiger partial charge in [-0.3, -0.25) is 0 Å². The van der Waals surface area contributed by atoms with Gasteiger partial charge in [-0.1, -0.05) is 0 Å². The number of methoxy groups -OCH3 is 1. The Balaban J connectivity index is 3.06. The van der Waals surface area contributed by atoms with Gasteiger partial charge in [0.25, 0.3) is 0 Å². The van der Waals surface area contributed by atoms with E-state index in [0.29, 0.717) is 5.75 Å². The zero-order valence-electron chi connectivity index (χ0n) is 6.92. The third kappa shape index (κ3) is 1.94. The Kier molecular flexibility index (Phi) is 2.80. The molecule has 0 aliphatic carbocycles. The number of ether oxygens (including phenoxy) is 1. The molecule has 1 atom stereocenters. The fourth-order valence-corrected chi connectivity index (χ4v) is 0.910.